The van der Waals surface area contributed by atoms with E-state index in [-0.39, 0.29) is 17.7 Å². The molecule has 0 aliphatic rings. The van der Waals surface area contributed by atoms with E-state index >= 15 is 0 Å². The molecule has 1 atom stereocenters. The minimum Gasteiger partial charge on any atom is -0.338 e. The normalized spacial score (nSPS) is 11.7. The monoisotopic (exact) mass is 401 g/mol. The molecule has 30 heavy (non-hydrogen) atoms. The van der Waals surface area contributed by atoms with Crippen molar-refractivity contribution in [3.8, 4) is 11.1 Å². The highest BCUT2D eigenvalue weighted by Crippen LogP contribution is 2.30. The number of rotatable bonds is 5. The topological polar surface area (TPSA) is 86.8 Å². The molecule has 0 fully saturated rings. The van der Waals surface area contributed by atoms with Crippen LogP contribution in [0.4, 0.5) is 16.1 Å². The van der Waals surface area contributed by atoms with Gasteiger partial charge in [0.25, 0.3) is 0 Å². The van der Waals surface area contributed by atoms with E-state index in [0.29, 0.717) is 23.0 Å². The molecular formula is C23H20FN5O. The van der Waals surface area contributed by atoms with Crippen LogP contribution in [-0.2, 0) is 0 Å². The molecule has 0 amide bonds. The molecule has 6 nitrogen and oxygen atoms in total. The Balaban J connectivity index is 1.45. The lowest BCUT2D eigenvalue weighted by Crippen LogP contribution is -2.20. The highest BCUT2D eigenvalue weighted by atomic mass is 19.1. The quantitative estimate of drug-likeness (QED) is 0.304. The van der Waals surface area contributed by atoms with Crippen LogP contribution in [0.1, 0.15) is 24.1 Å². The van der Waals surface area contributed by atoms with Gasteiger partial charge in [0.2, 0.25) is 11.8 Å². The third kappa shape index (κ3) is 4.35. The first-order valence-corrected chi connectivity index (χ1v) is 9.45. The molecule has 0 bridgehead atoms. The smallest absolute Gasteiger partial charge is 0.231 e. The Morgan fingerprint density at radius 2 is 1.80 bits per heavy atom. The van der Waals surface area contributed by atoms with Crippen LogP contribution in [0.15, 0.2) is 83.5 Å². The van der Waals surface area contributed by atoms with Gasteiger partial charge < -0.3 is 9.84 Å². The fourth-order valence-electron chi connectivity index (χ4n) is 3.09. The second kappa shape index (κ2) is 8.57. The molecule has 4 aromatic rings. The van der Waals surface area contributed by atoms with Crippen LogP contribution in [0.5, 0.6) is 0 Å². The van der Waals surface area contributed by atoms with Crippen LogP contribution in [0, 0.1) is 11.2 Å². The van der Waals surface area contributed by atoms with Crippen molar-refractivity contribution in [2.75, 3.05) is 10.6 Å². The molecule has 2 heterocycles. The molecule has 150 valence electrons. The number of nitrogens with zero attached hydrogens (tertiary/aromatic N) is 2. The Morgan fingerprint density at radius 3 is 2.53 bits per heavy atom. The maximum atomic E-state index is 14.7. The molecule has 0 aliphatic carbocycles. The summed E-state index contributed by atoms with van der Waals surface area (Å²) < 4.78 is 20.0. The summed E-state index contributed by atoms with van der Waals surface area (Å²) in [6.45, 7) is 1.93. The molecule has 1 unspecified atom stereocenters. The van der Waals surface area contributed by atoms with Gasteiger partial charge in [-0.25, -0.2) is 9.37 Å². The summed E-state index contributed by atoms with van der Waals surface area (Å²) in [5, 5.41) is 17.6. The first-order valence-electron chi connectivity index (χ1n) is 9.45. The van der Waals surface area contributed by atoms with Crippen molar-refractivity contribution >= 4 is 17.7 Å². The lowest BCUT2D eigenvalue weighted by molar-refractivity contribution is 0.424. The van der Waals surface area contributed by atoms with E-state index in [2.05, 4.69) is 20.8 Å². The maximum absolute atomic E-state index is 14.7. The van der Waals surface area contributed by atoms with Gasteiger partial charge in [0, 0.05) is 23.7 Å². The third-order valence-corrected chi connectivity index (χ3v) is 4.72. The van der Waals surface area contributed by atoms with Gasteiger partial charge in [0.1, 0.15) is 11.6 Å². The van der Waals surface area contributed by atoms with E-state index in [9.17, 15) is 4.39 Å². The number of pyridine rings is 1. The van der Waals surface area contributed by atoms with E-state index in [1.165, 1.54) is 6.07 Å². The number of anilines is 2. The van der Waals surface area contributed by atoms with Crippen molar-refractivity contribution in [2.45, 2.75) is 12.8 Å². The number of halogens is 1. The largest absolute Gasteiger partial charge is 0.338 e. The van der Waals surface area contributed by atoms with Crippen LogP contribution in [0.25, 0.3) is 11.1 Å². The van der Waals surface area contributed by atoms with E-state index in [0.717, 1.165) is 11.1 Å². The first-order chi connectivity index (χ1) is 14.6. The Hall–Kier alpha value is -4.00. The predicted octanol–water partition coefficient (Wildman–Crippen LogP) is 5.49. The summed E-state index contributed by atoms with van der Waals surface area (Å²) in [5.74, 6) is 0.390. The van der Waals surface area contributed by atoms with Crippen molar-refractivity contribution in [2.24, 2.45) is 0 Å². The second-order valence-corrected chi connectivity index (χ2v) is 6.78. The summed E-state index contributed by atoms with van der Waals surface area (Å²) in [6.07, 6.45) is 1.63. The van der Waals surface area contributed by atoms with Gasteiger partial charge in [-0.05, 0) is 29.3 Å². The molecule has 0 saturated heterocycles. The predicted molar refractivity (Wildman–Crippen MR) is 115 cm³/mol. The van der Waals surface area contributed by atoms with Crippen LogP contribution >= 0.6 is 0 Å². The van der Waals surface area contributed by atoms with Crippen molar-refractivity contribution < 1.29 is 8.91 Å². The Labute approximate surface area is 173 Å². The fourth-order valence-corrected chi connectivity index (χ4v) is 3.09. The molecule has 0 saturated carbocycles. The zero-order valence-electron chi connectivity index (χ0n) is 16.3. The number of hydrogen-bond donors (Lipinski definition) is 3. The maximum Gasteiger partial charge on any atom is 0.231 e. The van der Waals surface area contributed by atoms with Gasteiger partial charge in [-0.2, -0.15) is 0 Å². The minimum absolute atomic E-state index is 0.00214. The summed E-state index contributed by atoms with van der Waals surface area (Å²) in [7, 11) is 0. The molecule has 0 aliphatic heterocycles. The Morgan fingerprint density at radius 1 is 1.00 bits per heavy atom. The van der Waals surface area contributed by atoms with Crippen molar-refractivity contribution in [3.05, 3.63) is 96.1 Å². The summed E-state index contributed by atoms with van der Waals surface area (Å²) in [4.78, 5) is 4.10. The average molecular weight is 401 g/mol. The molecule has 2 aromatic carbocycles. The second-order valence-electron chi connectivity index (χ2n) is 6.78. The number of hydrogen-bond acceptors (Lipinski definition) is 4. The van der Waals surface area contributed by atoms with E-state index < -0.39 is 0 Å². The van der Waals surface area contributed by atoms with Crippen molar-refractivity contribution in [3.63, 3.8) is 0 Å². The van der Waals surface area contributed by atoms with Crippen LogP contribution in [0.3, 0.4) is 0 Å². The number of benzene rings is 2. The SMILES string of the molecule is CC(c1ccc(-c2ccccc2)c(F)c1)c1cc(NC(=N)Nc2ccccn2)on1. The zero-order valence-corrected chi connectivity index (χ0v) is 16.3. The van der Waals surface area contributed by atoms with Gasteiger partial charge >= 0.3 is 0 Å². The van der Waals surface area contributed by atoms with Gasteiger partial charge in [-0.3, -0.25) is 10.7 Å². The molecule has 0 spiro atoms. The summed E-state index contributed by atoms with van der Waals surface area (Å²) in [6, 6.07) is 21.7. The summed E-state index contributed by atoms with van der Waals surface area (Å²) >= 11 is 0. The minimum atomic E-state index is -0.284. The Kier molecular flexibility index (Phi) is 5.52. The van der Waals surface area contributed by atoms with Gasteiger partial charge in [-0.1, -0.05) is 60.6 Å². The third-order valence-electron chi connectivity index (χ3n) is 4.72. The molecule has 0 radical (unpaired) electrons. The molecule has 2 aromatic heterocycles. The molecular weight excluding hydrogens is 381 g/mol. The van der Waals surface area contributed by atoms with Crippen LogP contribution in [-0.4, -0.2) is 16.1 Å². The zero-order chi connectivity index (χ0) is 20.9. The highest BCUT2D eigenvalue weighted by molar-refractivity contribution is 6.00. The van der Waals surface area contributed by atoms with E-state index in [1.807, 2.05) is 49.4 Å². The van der Waals surface area contributed by atoms with Gasteiger partial charge in [0.15, 0.2) is 0 Å². The average Bonchev–Trinajstić information content (AvgIpc) is 3.22. The number of aromatic nitrogens is 2. The number of nitrogens with one attached hydrogen (secondary N) is 3. The van der Waals surface area contributed by atoms with Gasteiger partial charge in [-0.15, -0.1) is 0 Å². The molecule has 3 N–H and O–H groups in total. The van der Waals surface area contributed by atoms with E-state index in [1.54, 1.807) is 30.5 Å². The standard InChI is InChI=1S/C23H20FN5O/c1-15(17-10-11-18(19(24)13-17)16-7-3-2-4-8-16)20-14-22(30-29-20)28-23(25)27-21-9-5-6-12-26-21/h2-15H,1H3,(H3,25,26,27,28). The summed E-state index contributed by atoms with van der Waals surface area (Å²) in [5.41, 5.74) is 2.81. The lowest BCUT2D eigenvalue weighted by Gasteiger charge is -2.11. The van der Waals surface area contributed by atoms with Crippen LogP contribution < -0.4 is 10.6 Å². The lowest BCUT2D eigenvalue weighted by atomic mass is 9.95. The van der Waals surface area contributed by atoms with Crippen LogP contribution in [0.2, 0.25) is 0 Å². The van der Waals surface area contributed by atoms with Crippen molar-refractivity contribution in [1.82, 2.24) is 10.1 Å². The molecule has 4 rings (SSSR count). The number of guanidine groups is 1. The van der Waals surface area contributed by atoms with Gasteiger partial charge in [0.05, 0.1) is 5.69 Å². The van der Waals surface area contributed by atoms with Crippen molar-refractivity contribution in [1.29, 1.82) is 5.41 Å². The van der Waals surface area contributed by atoms with E-state index in [4.69, 9.17) is 9.93 Å². The molecule has 7 heteroatoms. The first kappa shape index (κ1) is 19.3. The fraction of sp³-hybridized carbons (Fsp3) is 0.0870. The highest BCUT2D eigenvalue weighted by Gasteiger charge is 2.17. The Bertz CT molecular complexity index is 1140.